The third-order valence-corrected chi connectivity index (χ3v) is 4.51. The second-order valence-corrected chi connectivity index (χ2v) is 6.28. The molecule has 0 aliphatic carbocycles. The van der Waals surface area contributed by atoms with Crippen LogP contribution in [0.5, 0.6) is 0 Å². The van der Waals surface area contributed by atoms with Gasteiger partial charge in [0.2, 0.25) is 5.91 Å². The highest BCUT2D eigenvalue weighted by Gasteiger charge is 2.25. The molecule has 6 nitrogen and oxygen atoms in total. The smallest absolute Gasteiger partial charge is 0.341 e. The molecule has 0 bridgehead atoms. The number of benzene rings is 1. The average Bonchev–Trinajstić information content (AvgIpc) is 2.82. The van der Waals surface area contributed by atoms with E-state index in [1.165, 1.54) is 14.0 Å². The Hall–Kier alpha value is -2.67. The van der Waals surface area contributed by atoms with Crippen molar-refractivity contribution in [1.82, 2.24) is 0 Å². The normalized spacial score (nSPS) is 10.2. The summed E-state index contributed by atoms with van der Waals surface area (Å²) in [5.74, 6) is -1.26. The van der Waals surface area contributed by atoms with Crippen LogP contribution in [0.4, 0.5) is 10.7 Å². The van der Waals surface area contributed by atoms with E-state index in [0.717, 1.165) is 16.9 Å². The highest BCUT2D eigenvalue weighted by Crippen LogP contribution is 2.34. The molecule has 0 atom stereocenters. The van der Waals surface area contributed by atoms with Crippen LogP contribution in [-0.2, 0) is 9.53 Å². The van der Waals surface area contributed by atoms with Crippen LogP contribution in [0.15, 0.2) is 24.3 Å². The summed E-state index contributed by atoms with van der Waals surface area (Å²) >= 11 is 1.04. The molecule has 0 aliphatic rings. The number of carbonyl (C=O) groups excluding carboxylic acids is 3. The van der Waals surface area contributed by atoms with Gasteiger partial charge < -0.3 is 15.4 Å². The molecule has 0 spiro atoms. The number of ether oxygens (including phenoxy) is 1. The molecule has 0 saturated heterocycles. The van der Waals surface area contributed by atoms with Gasteiger partial charge in [0.25, 0.3) is 5.91 Å². The maximum absolute atomic E-state index is 12.5. The number of thiophene rings is 1. The molecule has 2 amide bonds. The number of nitrogens with one attached hydrogen (secondary N) is 2. The molecule has 2 rings (SSSR count). The standard InChI is InChI=1S/C17H18N2O4S/c1-9-6-5-7-12(8-9)19-15(21)14-10(2)13(17(22)23-4)16(24-14)18-11(3)20/h5-8H,1-4H3,(H,18,20)(H,19,21). The van der Waals surface area contributed by atoms with Gasteiger partial charge in [0.1, 0.15) is 5.00 Å². The number of rotatable bonds is 4. The van der Waals surface area contributed by atoms with Crippen LogP contribution in [-0.4, -0.2) is 24.9 Å². The highest BCUT2D eigenvalue weighted by atomic mass is 32.1. The van der Waals surface area contributed by atoms with Gasteiger partial charge in [0.05, 0.1) is 17.6 Å². The lowest BCUT2D eigenvalue weighted by atomic mass is 10.1. The van der Waals surface area contributed by atoms with Crippen LogP contribution in [0.3, 0.4) is 0 Å². The van der Waals surface area contributed by atoms with Crippen LogP contribution in [0.2, 0.25) is 0 Å². The van der Waals surface area contributed by atoms with Gasteiger partial charge in [0.15, 0.2) is 0 Å². The highest BCUT2D eigenvalue weighted by molar-refractivity contribution is 7.18. The van der Waals surface area contributed by atoms with E-state index in [1.54, 1.807) is 13.0 Å². The summed E-state index contributed by atoms with van der Waals surface area (Å²) in [7, 11) is 1.25. The van der Waals surface area contributed by atoms with Crippen molar-refractivity contribution in [3.8, 4) is 0 Å². The number of methoxy groups -OCH3 is 1. The zero-order chi connectivity index (χ0) is 17.9. The molecule has 0 unspecified atom stereocenters. The van der Waals surface area contributed by atoms with Crippen molar-refractivity contribution in [2.75, 3.05) is 17.7 Å². The summed E-state index contributed by atoms with van der Waals surface area (Å²) in [6.45, 7) is 4.91. The molecule has 7 heteroatoms. The minimum absolute atomic E-state index is 0.201. The lowest BCUT2D eigenvalue weighted by Crippen LogP contribution is -2.13. The summed E-state index contributed by atoms with van der Waals surface area (Å²) in [4.78, 5) is 36.2. The second-order valence-electron chi connectivity index (χ2n) is 5.26. The molecule has 1 heterocycles. The Bertz CT molecular complexity index is 811. The Balaban J connectivity index is 2.38. The largest absolute Gasteiger partial charge is 0.465 e. The molecule has 2 aromatic rings. The van der Waals surface area contributed by atoms with Crippen molar-refractivity contribution < 1.29 is 19.1 Å². The number of carbonyl (C=O) groups is 3. The molecule has 2 N–H and O–H groups in total. The van der Waals surface area contributed by atoms with Gasteiger partial charge in [-0.2, -0.15) is 0 Å². The molecule has 0 fully saturated rings. The van der Waals surface area contributed by atoms with Crippen LogP contribution in [0, 0.1) is 13.8 Å². The van der Waals surface area contributed by atoms with Gasteiger partial charge in [0, 0.05) is 12.6 Å². The van der Waals surface area contributed by atoms with E-state index in [-0.39, 0.29) is 17.4 Å². The third kappa shape index (κ3) is 3.80. The number of aryl methyl sites for hydroxylation is 1. The second kappa shape index (κ2) is 7.27. The van der Waals surface area contributed by atoms with E-state index >= 15 is 0 Å². The molecule has 24 heavy (non-hydrogen) atoms. The van der Waals surface area contributed by atoms with Crippen molar-refractivity contribution in [2.45, 2.75) is 20.8 Å². The minimum Gasteiger partial charge on any atom is -0.465 e. The maximum atomic E-state index is 12.5. The fourth-order valence-electron chi connectivity index (χ4n) is 2.24. The first-order chi connectivity index (χ1) is 11.3. The SMILES string of the molecule is COC(=O)c1c(NC(C)=O)sc(C(=O)Nc2cccc(C)c2)c1C. The van der Waals surface area contributed by atoms with E-state index in [1.807, 2.05) is 25.1 Å². The van der Waals surface area contributed by atoms with Gasteiger partial charge in [-0.05, 0) is 37.1 Å². The molecular formula is C17H18N2O4S. The number of hydrogen-bond acceptors (Lipinski definition) is 5. The van der Waals surface area contributed by atoms with Crippen molar-refractivity contribution in [2.24, 2.45) is 0 Å². The summed E-state index contributed by atoms with van der Waals surface area (Å²) in [5.41, 5.74) is 2.35. The molecule has 126 valence electrons. The Morgan fingerprint density at radius 3 is 2.42 bits per heavy atom. The molecule has 1 aromatic heterocycles. The first-order valence-electron chi connectivity index (χ1n) is 7.20. The first kappa shape index (κ1) is 17.7. The summed E-state index contributed by atoms with van der Waals surface area (Å²) in [5, 5.41) is 5.68. The number of anilines is 2. The lowest BCUT2D eigenvalue weighted by Gasteiger charge is -2.05. The lowest BCUT2D eigenvalue weighted by molar-refractivity contribution is -0.114. The predicted molar refractivity (Wildman–Crippen MR) is 93.8 cm³/mol. The third-order valence-electron chi connectivity index (χ3n) is 3.31. The molecular weight excluding hydrogens is 328 g/mol. The maximum Gasteiger partial charge on any atom is 0.341 e. The van der Waals surface area contributed by atoms with E-state index in [2.05, 4.69) is 10.6 Å². The zero-order valence-electron chi connectivity index (χ0n) is 13.9. The van der Waals surface area contributed by atoms with Crippen LogP contribution in [0.1, 0.15) is 38.1 Å². The Morgan fingerprint density at radius 2 is 1.83 bits per heavy atom. The van der Waals surface area contributed by atoms with Crippen LogP contribution >= 0.6 is 11.3 Å². The Morgan fingerprint density at radius 1 is 1.12 bits per heavy atom. The van der Waals surface area contributed by atoms with Gasteiger partial charge in [-0.3, -0.25) is 9.59 Å². The van der Waals surface area contributed by atoms with Crippen molar-refractivity contribution in [1.29, 1.82) is 0 Å². The van der Waals surface area contributed by atoms with Gasteiger partial charge in [-0.15, -0.1) is 11.3 Å². The quantitative estimate of drug-likeness (QED) is 0.831. The first-order valence-corrected chi connectivity index (χ1v) is 8.02. The summed E-state index contributed by atoms with van der Waals surface area (Å²) in [6, 6.07) is 7.39. The Labute approximate surface area is 143 Å². The molecule has 1 aromatic carbocycles. The monoisotopic (exact) mass is 346 g/mol. The minimum atomic E-state index is -0.595. The molecule has 0 aliphatic heterocycles. The molecule has 0 saturated carbocycles. The van der Waals surface area contributed by atoms with E-state index in [4.69, 9.17) is 4.74 Å². The van der Waals surface area contributed by atoms with E-state index in [0.29, 0.717) is 21.1 Å². The van der Waals surface area contributed by atoms with E-state index < -0.39 is 5.97 Å². The topological polar surface area (TPSA) is 84.5 Å². The fourth-order valence-corrected chi connectivity index (χ4v) is 3.37. The summed E-state index contributed by atoms with van der Waals surface area (Å²) < 4.78 is 4.75. The number of esters is 1. The zero-order valence-corrected chi connectivity index (χ0v) is 14.7. The predicted octanol–water partition coefficient (Wildman–Crippen LogP) is 3.36. The van der Waals surface area contributed by atoms with Crippen molar-refractivity contribution in [3.63, 3.8) is 0 Å². The van der Waals surface area contributed by atoms with Crippen LogP contribution < -0.4 is 10.6 Å². The van der Waals surface area contributed by atoms with Gasteiger partial charge in [-0.1, -0.05) is 12.1 Å². The van der Waals surface area contributed by atoms with Gasteiger partial charge >= 0.3 is 5.97 Å². The van der Waals surface area contributed by atoms with E-state index in [9.17, 15) is 14.4 Å². The molecule has 0 radical (unpaired) electrons. The number of hydrogen-bond donors (Lipinski definition) is 2. The van der Waals surface area contributed by atoms with Crippen molar-refractivity contribution >= 4 is 39.8 Å². The fraction of sp³-hybridized carbons (Fsp3) is 0.235. The average molecular weight is 346 g/mol. The Kier molecular flexibility index (Phi) is 5.35. The summed E-state index contributed by atoms with van der Waals surface area (Å²) in [6.07, 6.45) is 0. The van der Waals surface area contributed by atoms with Crippen molar-refractivity contribution in [3.05, 3.63) is 45.8 Å². The van der Waals surface area contributed by atoms with Crippen LogP contribution in [0.25, 0.3) is 0 Å². The van der Waals surface area contributed by atoms with Gasteiger partial charge in [-0.25, -0.2) is 4.79 Å². The number of amides is 2.